The van der Waals surface area contributed by atoms with Crippen molar-refractivity contribution >= 4 is 11.6 Å². The summed E-state index contributed by atoms with van der Waals surface area (Å²) in [6.45, 7) is 22.0. The van der Waals surface area contributed by atoms with Gasteiger partial charge in [-0.05, 0) is 105 Å². The molecular weight excluding hydrogens is 470 g/mol. The van der Waals surface area contributed by atoms with Crippen LogP contribution in [0, 0.1) is 18.8 Å². The summed E-state index contributed by atoms with van der Waals surface area (Å²) in [5.41, 5.74) is 6.79. The van der Waals surface area contributed by atoms with Crippen molar-refractivity contribution in [2.45, 2.75) is 126 Å². The summed E-state index contributed by atoms with van der Waals surface area (Å²) < 4.78 is 0. The second kappa shape index (κ2) is 21.9. The van der Waals surface area contributed by atoms with Gasteiger partial charge in [-0.2, -0.15) is 0 Å². The topological polar surface area (TPSA) is 3.24 Å². The molecular formula is C38H63N. The van der Waals surface area contributed by atoms with Gasteiger partial charge in [0, 0.05) is 6.54 Å². The van der Waals surface area contributed by atoms with Crippen LogP contribution >= 0.6 is 0 Å². The van der Waals surface area contributed by atoms with E-state index in [9.17, 15) is 0 Å². The molecule has 0 aromatic heterocycles. The molecule has 3 rings (SSSR count). The van der Waals surface area contributed by atoms with Gasteiger partial charge in [-0.1, -0.05) is 128 Å². The molecule has 0 spiro atoms. The lowest BCUT2D eigenvalue weighted by molar-refractivity contribution is 0.264. The molecule has 1 aliphatic carbocycles. The maximum atomic E-state index is 2.62. The molecule has 39 heavy (non-hydrogen) atoms. The lowest BCUT2D eigenvalue weighted by atomic mass is 9.95. The molecule has 1 aliphatic rings. The molecule has 0 aliphatic heterocycles. The van der Waals surface area contributed by atoms with E-state index in [4.69, 9.17) is 0 Å². The van der Waals surface area contributed by atoms with Crippen LogP contribution in [0.1, 0.15) is 135 Å². The molecule has 0 amide bonds. The van der Waals surface area contributed by atoms with E-state index in [1.54, 1.807) is 0 Å². The van der Waals surface area contributed by atoms with E-state index in [-0.39, 0.29) is 0 Å². The maximum Gasteiger partial charge on any atom is 0.000965 e. The summed E-state index contributed by atoms with van der Waals surface area (Å²) in [7, 11) is 0. The first kappa shape index (κ1) is 35.2. The van der Waals surface area contributed by atoms with Gasteiger partial charge in [-0.25, -0.2) is 0 Å². The summed E-state index contributed by atoms with van der Waals surface area (Å²) in [5.74, 6) is 1.92. The predicted molar refractivity (Wildman–Crippen MR) is 179 cm³/mol. The Morgan fingerprint density at radius 3 is 2.08 bits per heavy atom. The molecule has 1 heteroatoms. The van der Waals surface area contributed by atoms with E-state index >= 15 is 0 Å². The van der Waals surface area contributed by atoms with Crippen molar-refractivity contribution in [1.82, 2.24) is 4.90 Å². The third-order valence-corrected chi connectivity index (χ3v) is 7.68. The summed E-state index contributed by atoms with van der Waals surface area (Å²) in [6.07, 6.45) is 17.0. The van der Waals surface area contributed by atoms with Crippen molar-refractivity contribution in [3.8, 4) is 0 Å². The molecule has 220 valence electrons. The van der Waals surface area contributed by atoms with Crippen LogP contribution in [0.4, 0.5) is 0 Å². The molecule has 1 fully saturated rings. The first-order chi connectivity index (χ1) is 18.9. The highest BCUT2D eigenvalue weighted by atomic mass is 15.1. The Labute approximate surface area is 244 Å². The number of unbranched alkanes of at least 4 members (excludes halogenated alkanes) is 1. The number of aryl methyl sites for hydroxylation is 2. The molecule has 1 atom stereocenters. The molecule has 0 bridgehead atoms. The molecule has 0 N–H and O–H groups in total. The fourth-order valence-electron chi connectivity index (χ4n) is 4.92. The Bertz CT molecular complexity index is 883. The molecule has 1 unspecified atom stereocenters. The summed E-state index contributed by atoms with van der Waals surface area (Å²) in [4.78, 5) is 2.62. The van der Waals surface area contributed by atoms with Crippen molar-refractivity contribution < 1.29 is 0 Å². The van der Waals surface area contributed by atoms with Gasteiger partial charge in [0.25, 0.3) is 0 Å². The van der Waals surface area contributed by atoms with Gasteiger partial charge in [0.2, 0.25) is 0 Å². The van der Waals surface area contributed by atoms with Crippen LogP contribution in [0.5, 0.6) is 0 Å². The molecule has 2 aromatic rings. The number of nitrogens with zero attached hydrogens (tertiary/aromatic N) is 1. The van der Waals surface area contributed by atoms with E-state index in [1.165, 1.54) is 118 Å². The van der Waals surface area contributed by atoms with Crippen molar-refractivity contribution in [2.75, 3.05) is 19.6 Å². The Balaban J connectivity index is 0.000000418. The minimum Gasteiger partial charge on any atom is -0.303 e. The van der Waals surface area contributed by atoms with Crippen LogP contribution < -0.4 is 0 Å². The van der Waals surface area contributed by atoms with E-state index in [1.807, 2.05) is 0 Å². The molecule has 0 saturated heterocycles. The normalized spacial score (nSPS) is 13.8. The van der Waals surface area contributed by atoms with Crippen LogP contribution in [0.2, 0.25) is 0 Å². The van der Waals surface area contributed by atoms with Crippen LogP contribution in [-0.2, 0) is 6.42 Å². The van der Waals surface area contributed by atoms with Crippen molar-refractivity contribution in [2.24, 2.45) is 11.8 Å². The second-order valence-corrected chi connectivity index (χ2v) is 11.9. The highest BCUT2D eigenvalue weighted by molar-refractivity contribution is 5.81. The minimum absolute atomic E-state index is 0.862. The molecule has 0 heterocycles. The standard InChI is InChI=1S/C24H32.C10H21N.C4H10/c1-5-10-19(2)11-8-13-22-14-9-16-24(18-22)21(4)17-23-15-7-6-12-20(23)3;1-3-7-11(8-4-2)9-10-5-6-10;1-3-4-2/h6-7,9,12,14-19H,5,8,10-11,13H2,1-4H3;10H,3-9H2,1-2H3;3-4H2,1-2H3/b21-17+;;. The van der Waals surface area contributed by atoms with E-state index in [0.717, 1.165) is 11.8 Å². The zero-order chi connectivity index (χ0) is 28.9. The summed E-state index contributed by atoms with van der Waals surface area (Å²) >= 11 is 0. The van der Waals surface area contributed by atoms with Crippen LogP contribution in [-0.4, -0.2) is 24.5 Å². The first-order valence-corrected chi connectivity index (χ1v) is 16.4. The average Bonchev–Trinajstić information content (AvgIpc) is 3.75. The monoisotopic (exact) mass is 533 g/mol. The number of allylic oxidation sites excluding steroid dienone is 1. The second-order valence-electron chi connectivity index (χ2n) is 11.9. The lowest BCUT2D eigenvalue weighted by Gasteiger charge is -2.20. The molecule has 1 nitrogen and oxygen atoms in total. The molecule has 1 saturated carbocycles. The smallest absolute Gasteiger partial charge is 0.000965 e. The Morgan fingerprint density at radius 2 is 1.51 bits per heavy atom. The molecule has 2 aromatic carbocycles. The average molecular weight is 534 g/mol. The third-order valence-electron chi connectivity index (χ3n) is 7.68. The summed E-state index contributed by atoms with van der Waals surface area (Å²) in [5, 5.41) is 0. The number of hydrogen-bond donors (Lipinski definition) is 0. The number of hydrogen-bond acceptors (Lipinski definition) is 1. The highest BCUT2D eigenvalue weighted by Gasteiger charge is 2.23. The predicted octanol–water partition coefficient (Wildman–Crippen LogP) is 11.6. The zero-order valence-electron chi connectivity index (χ0n) is 27.2. The SMILES string of the molecule is CCCC.CCCC(C)CCCc1cccc(/C(C)=C/c2ccccc2C)c1.CCCN(CCC)CC1CC1. The van der Waals surface area contributed by atoms with Crippen molar-refractivity contribution in [3.63, 3.8) is 0 Å². The van der Waals surface area contributed by atoms with Gasteiger partial charge in [-0.15, -0.1) is 0 Å². The minimum atomic E-state index is 0.862. The zero-order valence-corrected chi connectivity index (χ0v) is 27.2. The maximum absolute atomic E-state index is 2.62. The van der Waals surface area contributed by atoms with Crippen LogP contribution in [0.15, 0.2) is 48.5 Å². The van der Waals surface area contributed by atoms with E-state index in [0.29, 0.717) is 0 Å². The van der Waals surface area contributed by atoms with Gasteiger partial charge in [-0.3, -0.25) is 0 Å². The van der Waals surface area contributed by atoms with Crippen molar-refractivity contribution in [3.05, 3.63) is 70.8 Å². The first-order valence-electron chi connectivity index (χ1n) is 16.4. The number of benzene rings is 2. The van der Waals surface area contributed by atoms with Gasteiger partial charge >= 0.3 is 0 Å². The Hall–Kier alpha value is -1.86. The largest absolute Gasteiger partial charge is 0.303 e. The van der Waals surface area contributed by atoms with Gasteiger partial charge in [0.1, 0.15) is 0 Å². The highest BCUT2D eigenvalue weighted by Crippen LogP contribution is 2.29. The summed E-state index contributed by atoms with van der Waals surface area (Å²) in [6, 6.07) is 17.7. The number of rotatable bonds is 15. The van der Waals surface area contributed by atoms with Crippen molar-refractivity contribution in [1.29, 1.82) is 0 Å². The molecule has 0 radical (unpaired) electrons. The van der Waals surface area contributed by atoms with Gasteiger partial charge < -0.3 is 4.90 Å². The Kier molecular flexibility index (Phi) is 19.7. The Morgan fingerprint density at radius 1 is 0.846 bits per heavy atom. The third kappa shape index (κ3) is 16.8. The van der Waals surface area contributed by atoms with E-state index < -0.39 is 0 Å². The van der Waals surface area contributed by atoms with E-state index in [2.05, 4.69) is 115 Å². The van der Waals surface area contributed by atoms with Crippen LogP contribution in [0.3, 0.4) is 0 Å². The fourth-order valence-corrected chi connectivity index (χ4v) is 4.92. The quantitative estimate of drug-likeness (QED) is 0.206. The fraction of sp³-hybridized carbons (Fsp3) is 0.632. The van der Waals surface area contributed by atoms with Gasteiger partial charge in [0.15, 0.2) is 0 Å². The van der Waals surface area contributed by atoms with Gasteiger partial charge in [0.05, 0.1) is 0 Å². The van der Waals surface area contributed by atoms with Crippen LogP contribution in [0.25, 0.3) is 11.6 Å². The lowest BCUT2D eigenvalue weighted by Crippen LogP contribution is -2.27.